The van der Waals surface area contributed by atoms with E-state index < -0.39 is 0 Å². The van der Waals surface area contributed by atoms with Crippen LogP contribution in [0, 0.1) is 0 Å². The highest BCUT2D eigenvalue weighted by atomic mass is 16.3. The van der Waals surface area contributed by atoms with Crippen LogP contribution in [0.5, 0.6) is 5.75 Å². The number of carbonyl (C=O) groups is 1. The molecule has 0 radical (unpaired) electrons. The van der Waals surface area contributed by atoms with Crippen LogP contribution < -0.4 is 5.43 Å². The zero-order chi connectivity index (χ0) is 14.4. The van der Waals surface area contributed by atoms with Crippen LogP contribution in [0.25, 0.3) is 0 Å². The number of nitrogens with zero attached hydrogens (tertiary/aromatic N) is 1. The molecule has 0 fully saturated rings. The van der Waals surface area contributed by atoms with Crippen molar-refractivity contribution < 1.29 is 15.0 Å². The van der Waals surface area contributed by atoms with E-state index in [1.165, 1.54) is 18.3 Å². The van der Waals surface area contributed by atoms with Gasteiger partial charge in [0, 0.05) is 5.56 Å². The molecule has 2 rings (SSSR count). The van der Waals surface area contributed by atoms with Gasteiger partial charge in [0.15, 0.2) is 0 Å². The highest BCUT2D eigenvalue weighted by Gasteiger charge is 2.08. The Morgan fingerprint density at radius 1 is 1.15 bits per heavy atom. The van der Waals surface area contributed by atoms with Gasteiger partial charge in [-0.3, -0.25) is 4.79 Å². The number of aliphatic hydroxyl groups is 1. The van der Waals surface area contributed by atoms with Crippen molar-refractivity contribution in [3.8, 4) is 5.75 Å². The maximum absolute atomic E-state index is 11.9. The number of carbonyl (C=O) groups excluding carboxylic acids is 1. The molecule has 5 heteroatoms. The van der Waals surface area contributed by atoms with Crippen molar-refractivity contribution in [3.63, 3.8) is 0 Å². The lowest BCUT2D eigenvalue weighted by Gasteiger charge is -2.04. The number of aromatic hydroxyl groups is 1. The molecule has 0 aliphatic carbocycles. The van der Waals surface area contributed by atoms with Crippen molar-refractivity contribution in [1.29, 1.82) is 0 Å². The third kappa shape index (κ3) is 3.43. The van der Waals surface area contributed by atoms with Crippen molar-refractivity contribution in [2.45, 2.75) is 6.61 Å². The van der Waals surface area contributed by atoms with Crippen LogP contribution in [0.1, 0.15) is 21.5 Å². The number of hydrogen-bond donors (Lipinski definition) is 3. The van der Waals surface area contributed by atoms with Gasteiger partial charge >= 0.3 is 0 Å². The van der Waals surface area contributed by atoms with Gasteiger partial charge < -0.3 is 10.2 Å². The fourth-order valence-corrected chi connectivity index (χ4v) is 1.67. The van der Waals surface area contributed by atoms with Crippen LogP contribution in [0.15, 0.2) is 53.6 Å². The zero-order valence-corrected chi connectivity index (χ0v) is 10.7. The molecule has 5 nitrogen and oxygen atoms in total. The first-order valence-corrected chi connectivity index (χ1v) is 6.02. The summed E-state index contributed by atoms with van der Waals surface area (Å²) in [5.74, 6) is -0.215. The fraction of sp³-hybridized carbons (Fsp3) is 0.0667. The van der Waals surface area contributed by atoms with Gasteiger partial charge in [-0.15, -0.1) is 0 Å². The summed E-state index contributed by atoms with van der Waals surface area (Å²) in [6.07, 6.45) is 1.47. The minimum absolute atomic E-state index is 0.169. The minimum atomic E-state index is -0.385. The van der Waals surface area contributed by atoms with Crippen LogP contribution in [0.4, 0.5) is 0 Å². The number of rotatable bonds is 4. The van der Waals surface area contributed by atoms with Gasteiger partial charge in [0.1, 0.15) is 5.75 Å². The van der Waals surface area contributed by atoms with E-state index in [1.54, 1.807) is 36.4 Å². The quantitative estimate of drug-likeness (QED) is 0.583. The second-order valence-corrected chi connectivity index (χ2v) is 4.11. The number of hydrogen-bond acceptors (Lipinski definition) is 4. The smallest absolute Gasteiger partial charge is 0.271 e. The second kappa shape index (κ2) is 6.49. The first-order valence-electron chi connectivity index (χ1n) is 6.02. The van der Waals surface area contributed by atoms with E-state index in [1.807, 2.05) is 0 Å². The fourth-order valence-electron chi connectivity index (χ4n) is 1.67. The molecule has 3 N–H and O–H groups in total. The van der Waals surface area contributed by atoms with E-state index in [2.05, 4.69) is 10.5 Å². The van der Waals surface area contributed by atoms with Crippen LogP contribution in [-0.4, -0.2) is 22.3 Å². The molecule has 0 heterocycles. The standard InChI is InChI=1S/C15H14N2O3/c18-10-12-3-1-2-4-14(12)15(20)17-16-9-11-5-7-13(19)8-6-11/h1-9,18-19H,10H2,(H,17,20)/b16-9+. The molecule has 1 amide bonds. The van der Waals surface area contributed by atoms with Crippen molar-refractivity contribution in [2.75, 3.05) is 0 Å². The third-order valence-electron chi connectivity index (χ3n) is 2.71. The number of phenols is 1. The van der Waals surface area contributed by atoms with Crippen LogP contribution in [0.3, 0.4) is 0 Å². The molecule has 0 atom stereocenters. The molecule has 2 aromatic carbocycles. The number of amides is 1. The van der Waals surface area contributed by atoms with Gasteiger partial charge in [0.05, 0.1) is 12.8 Å². The number of aliphatic hydroxyl groups excluding tert-OH is 1. The van der Waals surface area contributed by atoms with E-state index in [4.69, 9.17) is 10.2 Å². The summed E-state index contributed by atoms with van der Waals surface area (Å²) in [4.78, 5) is 11.9. The largest absolute Gasteiger partial charge is 0.508 e. The van der Waals surface area contributed by atoms with E-state index in [0.29, 0.717) is 11.1 Å². The molecule has 0 aliphatic heterocycles. The molecular formula is C15H14N2O3. The van der Waals surface area contributed by atoms with Crippen molar-refractivity contribution >= 4 is 12.1 Å². The first kappa shape index (κ1) is 13.8. The Bertz CT molecular complexity index is 621. The van der Waals surface area contributed by atoms with Gasteiger partial charge in [0.2, 0.25) is 0 Å². The van der Waals surface area contributed by atoms with Crippen molar-refractivity contribution in [2.24, 2.45) is 5.10 Å². The highest BCUT2D eigenvalue weighted by molar-refractivity contribution is 5.96. The number of phenolic OH excluding ortho intramolecular Hbond substituents is 1. The van der Waals surface area contributed by atoms with Crippen LogP contribution in [-0.2, 0) is 6.61 Å². The number of benzene rings is 2. The van der Waals surface area contributed by atoms with Crippen molar-refractivity contribution in [1.82, 2.24) is 5.43 Å². The summed E-state index contributed by atoms with van der Waals surface area (Å²) in [5, 5.41) is 22.1. The van der Waals surface area contributed by atoms with E-state index in [-0.39, 0.29) is 18.3 Å². The van der Waals surface area contributed by atoms with E-state index in [0.717, 1.165) is 5.56 Å². The lowest BCUT2D eigenvalue weighted by atomic mass is 10.1. The van der Waals surface area contributed by atoms with Gasteiger partial charge in [0.25, 0.3) is 5.91 Å². The molecule has 20 heavy (non-hydrogen) atoms. The van der Waals surface area contributed by atoms with Crippen LogP contribution in [0.2, 0.25) is 0 Å². The van der Waals surface area contributed by atoms with Crippen molar-refractivity contribution in [3.05, 3.63) is 65.2 Å². The first-order chi connectivity index (χ1) is 9.70. The molecule has 0 saturated heterocycles. The molecule has 0 unspecified atom stereocenters. The monoisotopic (exact) mass is 270 g/mol. The predicted molar refractivity (Wildman–Crippen MR) is 75.5 cm³/mol. The average Bonchev–Trinajstić information content (AvgIpc) is 2.49. The summed E-state index contributed by atoms with van der Waals surface area (Å²) in [6.45, 7) is -0.203. The number of nitrogens with one attached hydrogen (secondary N) is 1. The molecule has 0 bridgehead atoms. The molecule has 102 valence electrons. The zero-order valence-electron chi connectivity index (χ0n) is 10.7. The molecule has 0 aromatic heterocycles. The Kier molecular flexibility index (Phi) is 4.47. The van der Waals surface area contributed by atoms with E-state index in [9.17, 15) is 4.79 Å². The topological polar surface area (TPSA) is 81.9 Å². The molecule has 0 spiro atoms. The van der Waals surface area contributed by atoms with Gasteiger partial charge in [-0.05, 0) is 41.5 Å². The summed E-state index contributed by atoms with van der Waals surface area (Å²) < 4.78 is 0. The Labute approximate surface area is 116 Å². The number of hydrazone groups is 1. The Morgan fingerprint density at radius 2 is 1.85 bits per heavy atom. The lowest BCUT2D eigenvalue weighted by Crippen LogP contribution is -2.19. The Balaban J connectivity index is 2.03. The lowest BCUT2D eigenvalue weighted by molar-refractivity contribution is 0.0952. The Hall–Kier alpha value is -2.66. The molecule has 0 saturated carbocycles. The summed E-state index contributed by atoms with van der Waals surface area (Å²) in [6, 6.07) is 13.2. The maximum atomic E-state index is 11.9. The van der Waals surface area contributed by atoms with E-state index >= 15 is 0 Å². The van der Waals surface area contributed by atoms with Gasteiger partial charge in [-0.25, -0.2) is 5.43 Å². The summed E-state index contributed by atoms with van der Waals surface area (Å²) in [5.41, 5.74) is 4.08. The van der Waals surface area contributed by atoms with Crippen LogP contribution >= 0.6 is 0 Å². The maximum Gasteiger partial charge on any atom is 0.271 e. The summed E-state index contributed by atoms with van der Waals surface area (Å²) >= 11 is 0. The molecule has 2 aromatic rings. The van der Waals surface area contributed by atoms with Gasteiger partial charge in [-0.1, -0.05) is 18.2 Å². The molecule has 0 aliphatic rings. The Morgan fingerprint density at radius 3 is 2.55 bits per heavy atom. The predicted octanol–water partition coefficient (Wildman–Crippen LogP) is 1.65. The second-order valence-electron chi connectivity index (χ2n) is 4.11. The minimum Gasteiger partial charge on any atom is -0.508 e. The molecular weight excluding hydrogens is 256 g/mol. The summed E-state index contributed by atoms with van der Waals surface area (Å²) in [7, 11) is 0. The highest BCUT2D eigenvalue weighted by Crippen LogP contribution is 2.09. The average molecular weight is 270 g/mol. The SMILES string of the molecule is O=C(N/N=C/c1ccc(O)cc1)c1ccccc1CO. The normalized spacial score (nSPS) is 10.7. The third-order valence-corrected chi connectivity index (χ3v) is 2.71. The van der Waals surface area contributed by atoms with Gasteiger partial charge in [-0.2, -0.15) is 5.10 Å².